The molecule has 0 N–H and O–H groups in total. The molecule has 0 saturated heterocycles. The minimum atomic E-state index is -4.35. The maximum absolute atomic E-state index is 10.1. The Hall–Kier alpha value is 1.34. The van der Waals surface area contributed by atoms with Crippen molar-refractivity contribution in [2.45, 2.75) is 25.9 Å². The van der Waals surface area contributed by atoms with Gasteiger partial charge >= 0.3 is 37.7 Å². The third-order valence-electron chi connectivity index (χ3n) is 0.822. The quantitative estimate of drug-likeness (QED) is 0.255. The van der Waals surface area contributed by atoms with Gasteiger partial charge in [-0.1, -0.05) is 28.4 Å². The summed E-state index contributed by atoms with van der Waals surface area (Å²) in [5.41, 5.74) is 0. The molecule has 0 radical (unpaired) electrons. The molecule has 10 heavy (non-hydrogen) atoms. The van der Waals surface area contributed by atoms with Crippen LogP contribution >= 0.6 is 7.60 Å². The molecular formula is C4H9Li2O3P. The molecule has 0 amide bonds. The molecule has 50 valence electrons. The first kappa shape index (κ1) is 17.4. The number of hydrogen-bond donors (Lipinski definition) is 0. The Morgan fingerprint density at radius 3 is 1.20 bits per heavy atom. The Bertz CT molecular complexity index is 125. The molecule has 6 heteroatoms. The van der Waals surface area contributed by atoms with Gasteiger partial charge in [-0.25, -0.2) is 0 Å². The summed E-state index contributed by atoms with van der Waals surface area (Å²) in [6, 6.07) is 0. The van der Waals surface area contributed by atoms with Gasteiger partial charge in [0.15, 0.2) is 0 Å². The van der Waals surface area contributed by atoms with Crippen LogP contribution < -0.4 is 47.5 Å². The normalized spacial score (nSPS) is 11.3. The molecule has 0 aromatic rings. The first-order chi connectivity index (χ1) is 3.25. The fourth-order valence-corrected chi connectivity index (χ4v) is 0. The minimum Gasteiger partial charge on any atom is -0.810 e. The van der Waals surface area contributed by atoms with Crippen LogP contribution in [0.5, 0.6) is 0 Å². The van der Waals surface area contributed by atoms with Gasteiger partial charge in [0.2, 0.25) is 0 Å². The van der Waals surface area contributed by atoms with Crippen LogP contribution in [0.3, 0.4) is 0 Å². The van der Waals surface area contributed by atoms with E-state index >= 15 is 0 Å². The molecule has 0 atom stereocenters. The van der Waals surface area contributed by atoms with E-state index < -0.39 is 12.8 Å². The molecule has 3 nitrogen and oxygen atoms in total. The van der Waals surface area contributed by atoms with Gasteiger partial charge in [0, 0.05) is 0 Å². The van der Waals surface area contributed by atoms with Crippen molar-refractivity contribution in [1.82, 2.24) is 0 Å². The third-order valence-corrected chi connectivity index (χ3v) is 2.46. The fraction of sp³-hybridized carbons (Fsp3) is 1.00. The van der Waals surface area contributed by atoms with Gasteiger partial charge < -0.3 is 14.4 Å². The van der Waals surface area contributed by atoms with Gasteiger partial charge in [0.25, 0.3) is 0 Å². The van der Waals surface area contributed by atoms with Crippen molar-refractivity contribution < 1.29 is 52.1 Å². The Kier molecular flexibility index (Phi) is 8.84. The van der Waals surface area contributed by atoms with Crippen LogP contribution in [0.2, 0.25) is 0 Å². The molecule has 0 aliphatic carbocycles. The zero-order chi connectivity index (χ0) is 7.00. The van der Waals surface area contributed by atoms with Crippen molar-refractivity contribution in [3.8, 4) is 0 Å². The average molecular weight is 150 g/mol. The second kappa shape index (κ2) is 5.07. The molecule has 0 saturated carbocycles. The van der Waals surface area contributed by atoms with Crippen molar-refractivity contribution in [1.29, 1.82) is 0 Å². The van der Waals surface area contributed by atoms with E-state index in [2.05, 4.69) is 0 Å². The summed E-state index contributed by atoms with van der Waals surface area (Å²) in [6.07, 6.45) is 0. The molecule has 0 unspecified atom stereocenters. The summed E-state index contributed by atoms with van der Waals surface area (Å²) in [7, 11) is -4.35. The summed E-state index contributed by atoms with van der Waals surface area (Å²) < 4.78 is 10.1. The second-order valence-corrected chi connectivity index (χ2v) is 5.00. The molecule has 0 aromatic carbocycles. The molecule has 0 bridgehead atoms. The molecule has 0 aliphatic rings. The molecule has 0 heterocycles. The van der Waals surface area contributed by atoms with E-state index in [1.807, 2.05) is 0 Å². The molecular weight excluding hydrogens is 141 g/mol. The van der Waals surface area contributed by atoms with Crippen LogP contribution in [-0.2, 0) is 4.57 Å². The Morgan fingerprint density at radius 1 is 1.10 bits per heavy atom. The van der Waals surface area contributed by atoms with Gasteiger partial charge in [-0.2, -0.15) is 0 Å². The Morgan fingerprint density at radius 2 is 1.20 bits per heavy atom. The molecule has 0 fully saturated rings. The van der Waals surface area contributed by atoms with Crippen molar-refractivity contribution in [2.75, 3.05) is 0 Å². The fourth-order valence-electron chi connectivity index (χ4n) is 0. The summed E-state index contributed by atoms with van der Waals surface area (Å²) in [5.74, 6) is 0. The van der Waals surface area contributed by atoms with E-state index in [9.17, 15) is 14.4 Å². The monoisotopic (exact) mass is 150 g/mol. The third kappa shape index (κ3) is 6.08. The van der Waals surface area contributed by atoms with E-state index in [1.54, 1.807) is 0 Å². The molecule has 0 aromatic heterocycles. The van der Waals surface area contributed by atoms with E-state index in [-0.39, 0.29) is 37.7 Å². The predicted octanol–water partition coefficient (Wildman–Crippen LogP) is -6.29. The van der Waals surface area contributed by atoms with Crippen LogP contribution in [0.15, 0.2) is 0 Å². The summed E-state index contributed by atoms with van der Waals surface area (Å²) in [4.78, 5) is 20.2. The van der Waals surface area contributed by atoms with Crippen molar-refractivity contribution >= 4 is 7.60 Å². The average Bonchev–Trinajstić information content (AvgIpc) is 1.25. The van der Waals surface area contributed by atoms with Crippen LogP contribution in [-0.4, -0.2) is 5.16 Å². The summed E-state index contributed by atoms with van der Waals surface area (Å²) in [5, 5.41) is -1.12. The smallest absolute Gasteiger partial charge is 0.810 e. The van der Waals surface area contributed by atoms with Crippen molar-refractivity contribution in [3.63, 3.8) is 0 Å². The first-order valence-corrected chi connectivity index (χ1v) is 3.81. The SMILES string of the molecule is CC(C)(C)P(=O)([O-])[O-].[Li+].[Li+]. The van der Waals surface area contributed by atoms with Gasteiger partial charge in [0.1, 0.15) is 0 Å². The summed E-state index contributed by atoms with van der Waals surface area (Å²) in [6.45, 7) is 4.15. The van der Waals surface area contributed by atoms with Crippen LogP contribution in [0.1, 0.15) is 20.8 Å². The summed E-state index contributed by atoms with van der Waals surface area (Å²) >= 11 is 0. The zero-order valence-corrected chi connectivity index (χ0v) is 8.07. The predicted molar refractivity (Wildman–Crippen MR) is 27.4 cm³/mol. The number of rotatable bonds is 0. The van der Waals surface area contributed by atoms with Crippen LogP contribution in [0, 0.1) is 0 Å². The van der Waals surface area contributed by atoms with Crippen molar-refractivity contribution in [3.05, 3.63) is 0 Å². The van der Waals surface area contributed by atoms with E-state index in [1.165, 1.54) is 20.8 Å². The second-order valence-electron chi connectivity index (χ2n) is 2.67. The van der Waals surface area contributed by atoms with Gasteiger partial charge in [0.05, 0.1) is 0 Å². The van der Waals surface area contributed by atoms with E-state index in [0.717, 1.165) is 0 Å². The Balaban J connectivity index is -0.000000245. The van der Waals surface area contributed by atoms with Crippen molar-refractivity contribution in [2.24, 2.45) is 0 Å². The number of hydrogen-bond acceptors (Lipinski definition) is 3. The molecule has 0 rings (SSSR count). The van der Waals surface area contributed by atoms with Crippen LogP contribution in [0.4, 0.5) is 0 Å². The van der Waals surface area contributed by atoms with Crippen LogP contribution in [0.25, 0.3) is 0 Å². The van der Waals surface area contributed by atoms with E-state index in [4.69, 9.17) is 0 Å². The minimum absolute atomic E-state index is 0. The topological polar surface area (TPSA) is 63.2 Å². The molecule has 0 spiro atoms. The standard InChI is InChI=1S/C4H11O3P.2Li/c1-4(2,3)8(5,6)7;;/h1-3H3,(H2,5,6,7);;/q;2*+1/p-2. The van der Waals surface area contributed by atoms with Gasteiger partial charge in [-0.3, -0.25) is 0 Å². The molecule has 0 aliphatic heterocycles. The van der Waals surface area contributed by atoms with E-state index in [0.29, 0.717) is 0 Å². The zero-order valence-electron chi connectivity index (χ0n) is 7.17. The maximum Gasteiger partial charge on any atom is 1.00 e. The van der Waals surface area contributed by atoms with Gasteiger partial charge in [-0.15, -0.1) is 0 Å². The first-order valence-electron chi connectivity index (χ1n) is 2.27. The van der Waals surface area contributed by atoms with Gasteiger partial charge in [-0.05, 0) is 5.16 Å². The maximum atomic E-state index is 10.1. The Labute approximate surface area is 85.5 Å². The largest absolute Gasteiger partial charge is 1.00 e.